The summed E-state index contributed by atoms with van der Waals surface area (Å²) in [4.78, 5) is 46.6. The summed E-state index contributed by atoms with van der Waals surface area (Å²) >= 11 is 0. The highest BCUT2D eigenvalue weighted by atomic mass is 16.5. The first-order valence-corrected chi connectivity index (χ1v) is 9.33. The molecule has 4 rings (SSSR count). The number of nitrogens with one attached hydrogen (secondary N) is 3. The van der Waals surface area contributed by atoms with E-state index in [1.54, 1.807) is 0 Å². The van der Waals surface area contributed by atoms with E-state index in [1.165, 1.54) is 12.3 Å². The Kier molecular flexibility index (Phi) is 4.89. The molecule has 1 saturated heterocycles. The van der Waals surface area contributed by atoms with Crippen molar-refractivity contribution in [3.8, 4) is 0 Å². The highest BCUT2D eigenvalue weighted by Crippen LogP contribution is 2.22. The summed E-state index contributed by atoms with van der Waals surface area (Å²) in [5.74, 6) is -0.397. The molecule has 3 N–H and O–H groups in total. The van der Waals surface area contributed by atoms with Crippen molar-refractivity contribution in [2.45, 2.75) is 26.1 Å². The number of carbonyl (C=O) groups is 1. The number of amides is 1. The Morgan fingerprint density at radius 2 is 1.83 bits per heavy atom. The van der Waals surface area contributed by atoms with Crippen molar-refractivity contribution in [3.05, 3.63) is 62.9 Å². The lowest BCUT2D eigenvalue weighted by Gasteiger charge is -2.36. The van der Waals surface area contributed by atoms with Gasteiger partial charge in [-0.3, -0.25) is 19.6 Å². The van der Waals surface area contributed by atoms with Crippen LogP contribution in [0.2, 0.25) is 0 Å². The number of pyridine rings is 1. The third-order valence-electron chi connectivity index (χ3n) is 4.76. The molecular formula is C20H21N5O4. The first-order valence-electron chi connectivity index (χ1n) is 9.33. The van der Waals surface area contributed by atoms with Crippen LogP contribution >= 0.6 is 0 Å². The van der Waals surface area contributed by atoms with E-state index in [2.05, 4.69) is 39.0 Å². The molecule has 2 aromatic heterocycles. The van der Waals surface area contributed by atoms with Gasteiger partial charge >= 0.3 is 5.69 Å². The van der Waals surface area contributed by atoms with Crippen molar-refractivity contribution in [1.82, 2.24) is 15.0 Å². The zero-order valence-corrected chi connectivity index (χ0v) is 16.1. The Morgan fingerprint density at radius 3 is 2.52 bits per heavy atom. The second-order valence-corrected chi connectivity index (χ2v) is 7.19. The second-order valence-electron chi connectivity index (χ2n) is 7.19. The van der Waals surface area contributed by atoms with E-state index in [-0.39, 0.29) is 28.8 Å². The van der Waals surface area contributed by atoms with Crippen LogP contribution in [0.15, 0.2) is 46.1 Å². The minimum atomic E-state index is -0.642. The van der Waals surface area contributed by atoms with Crippen LogP contribution in [0.3, 0.4) is 0 Å². The fraction of sp³-hybridized carbons (Fsp3) is 0.300. The highest BCUT2D eigenvalue weighted by molar-refractivity contribution is 6.05. The fourth-order valence-electron chi connectivity index (χ4n) is 3.52. The Balaban J connectivity index is 1.50. The zero-order chi connectivity index (χ0) is 20.5. The molecule has 0 aliphatic carbocycles. The van der Waals surface area contributed by atoms with Gasteiger partial charge in [-0.2, -0.15) is 0 Å². The number of anilines is 2. The first-order chi connectivity index (χ1) is 13.9. The molecule has 3 heterocycles. The smallest absolute Gasteiger partial charge is 0.327 e. The number of nitrogens with zero attached hydrogens (tertiary/aromatic N) is 2. The second kappa shape index (κ2) is 7.51. The number of fused-ring (bicyclic) bond motifs is 1. The van der Waals surface area contributed by atoms with E-state index in [1.807, 2.05) is 24.3 Å². The summed E-state index contributed by atoms with van der Waals surface area (Å²) in [6.45, 7) is 5.73. The zero-order valence-electron chi connectivity index (χ0n) is 16.1. The topological polar surface area (TPSA) is 120 Å². The van der Waals surface area contributed by atoms with Gasteiger partial charge in [-0.1, -0.05) is 0 Å². The van der Waals surface area contributed by atoms with Crippen LogP contribution in [0.1, 0.15) is 24.2 Å². The number of benzene rings is 1. The van der Waals surface area contributed by atoms with Crippen LogP contribution in [-0.4, -0.2) is 46.2 Å². The van der Waals surface area contributed by atoms with Gasteiger partial charge in [0.05, 0.1) is 23.2 Å². The van der Waals surface area contributed by atoms with Gasteiger partial charge in [-0.15, -0.1) is 0 Å². The number of aromatic amines is 2. The monoisotopic (exact) mass is 395 g/mol. The molecular weight excluding hydrogens is 374 g/mol. The Hall–Kier alpha value is -3.46. The fourth-order valence-corrected chi connectivity index (χ4v) is 3.52. The number of ether oxygens (including phenoxy) is 1. The standard InChI is InChI=1S/C20H21N5O4/c1-11-9-25(10-12(2)29-11)15-5-3-14(4-6-15)22-18(26)13-7-16-17(21-8-13)23-20(28)24-19(16)27/h3-8,11-12H,9-10H2,1-2H3,(H,22,26)(H2,21,23,24,27,28). The van der Waals surface area contributed by atoms with Gasteiger partial charge in [0.2, 0.25) is 0 Å². The molecule has 1 aromatic carbocycles. The molecule has 1 fully saturated rings. The van der Waals surface area contributed by atoms with E-state index in [4.69, 9.17) is 4.74 Å². The largest absolute Gasteiger partial charge is 0.372 e. The summed E-state index contributed by atoms with van der Waals surface area (Å²) in [6, 6.07) is 8.97. The molecule has 0 bridgehead atoms. The summed E-state index contributed by atoms with van der Waals surface area (Å²) in [5, 5.41) is 2.94. The van der Waals surface area contributed by atoms with Gasteiger partial charge in [0.25, 0.3) is 11.5 Å². The number of H-pyrrole nitrogens is 2. The molecule has 2 atom stereocenters. The van der Waals surface area contributed by atoms with Gasteiger partial charge in [0, 0.05) is 30.7 Å². The number of hydrogen-bond acceptors (Lipinski definition) is 6. The van der Waals surface area contributed by atoms with E-state index in [0.717, 1.165) is 18.8 Å². The predicted molar refractivity (Wildman–Crippen MR) is 110 cm³/mol. The average molecular weight is 395 g/mol. The van der Waals surface area contributed by atoms with Crippen molar-refractivity contribution in [2.24, 2.45) is 0 Å². The number of hydrogen-bond donors (Lipinski definition) is 3. The van der Waals surface area contributed by atoms with E-state index in [9.17, 15) is 14.4 Å². The van der Waals surface area contributed by atoms with Crippen molar-refractivity contribution >= 4 is 28.3 Å². The highest BCUT2D eigenvalue weighted by Gasteiger charge is 2.22. The maximum atomic E-state index is 12.5. The SMILES string of the molecule is CC1CN(c2ccc(NC(=O)c3cnc4[nH]c(=O)[nH]c(=O)c4c3)cc2)CC(C)O1. The van der Waals surface area contributed by atoms with Crippen molar-refractivity contribution in [2.75, 3.05) is 23.3 Å². The Labute approximate surface area is 165 Å². The van der Waals surface area contributed by atoms with Crippen LogP contribution < -0.4 is 21.5 Å². The maximum absolute atomic E-state index is 12.5. The molecule has 1 aliphatic heterocycles. The third-order valence-corrected chi connectivity index (χ3v) is 4.76. The van der Waals surface area contributed by atoms with Gasteiger partial charge in [0.1, 0.15) is 5.65 Å². The minimum Gasteiger partial charge on any atom is -0.372 e. The van der Waals surface area contributed by atoms with Gasteiger partial charge in [-0.25, -0.2) is 9.78 Å². The molecule has 1 aliphatic rings. The molecule has 1 amide bonds. The molecule has 0 spiro atoms. The molecule has 0 radical (unpaired) electrons. The van der Waals surface area contributed by atoms with Crippen molar-refractivity contribution in [1.29, 1.82) is 0 Å². The van der Waals surface area contributed by atoms with Crippen LogP contribution in [0, 0.1) is 0 Å². The summed E-state index contributed by atoms with van der Waals surface area (Å²) < 4.78 is 5.76. The molecule has 9 nitrogen and oxygen atoms in total. The van der Waals surface area contributed by atoms with E-state index < -0.39 is 17.2 Å². The normalized spacial score (nSPS) is 19.3. The Morgan fingerprint density at radius 1 is 1.14 bits per heavy atom. The van der Waals surface area contributed by atoms with Crippen LogP contribution in [0.25, 0.3) is 11.0 Å². The van der Waals surface area contributed by atoms with Crippen LogP contribution in [-0.2, 0) is 4.74 Å². The van der Waals surface area contributed by atoms with Gasteiger partial charge < -0.3 is 15.0 Å². The molecule has 2 unspecified atom stereocenters. The van der Waals surface area contributed by atoms with E-state index >= 15 is 0 Å². The summed E-state index contributed by atoms with van der Waals surface area (Å²) in [5.41, 5.74) is 0.806. The number of rotatable bonds is 3. The lowest BCUT2D eigenvalue weighted by molar-refractivity contribution is -0.00521. The van der Waals surface area contributed by atoms with Crippen LogP contribution in [0.4, 0.5) is 11.4 Å². The quantitative estimate of drug-likeness (QED) is 0.618. The minimum absolute atomic E-state index is 0.133. The lowest BCUT2D eigenvalue weighted by atomic mass is 10.2. The third kappa shape index (κ3) is 4.04. The number of morpholine rings is 1. The number of carbonyl (C=O) groups excluding carboxylic acids is 1. The first kappa shape index (κ1) is 18.9. The predicted octanol–water partition coefficient (Wildman–Crippen LogP) is 1.48. The lowest BCUT2D eigenvalue weighted by Crippen LogP contribution is -2.45. The maximum Gasteiger partial charge on any atom is 0.327 e. The summed E-state index contributed by atoms with van der Waals surface area (Å²) in [6.07, 6.45) is 1.64. The van der Waals surface area contributed by atoms with Crippen LogP contribution in [0.5, 0.6) is 0 Å². The summed E-state index contributed by atoms with van der Waals surface area (Å²) in [7, 11) is 0. The molecule has 3 aromatic rings. The average Bonchev–Trinajstić information content (AvgIpc) is 2.67. The van der Waals surface area contributed by atoms with Crippen molar-refractivity contribution < 1.29 is 9.53 Å². The molecule has 29 heavy (non-hydrogen) atoms. The number of aromatic nitrogens is 3. The molecule has 150 valence electrons. The Bertz CT molecular complexity index is 1160. The molecule has 9 heteroatoms. The van der Waals surface area contributed by atoms with Gasteiger partial charge in [0.15, 0.2) is 0 Å². The van der Waals surface area contributed by atoms with Crippen molar-refractivity contribution in [3.63, 3.8) is 0 Å². The molecule has 0 saturated carbocycles. The van der Waals surface area contributed by atoms with Gasteiger partial charge in [-0.05, 0) is 44.2 Å². The van der Waals surface area contributed by atoms with E-state index in [0.29, 0.717) is 5.69 Å².